The number of rotatable bonds is 4. The van der Waals surface area contributed by atoms with Gasteiger partial charge in [0.25, 0.3) is 10.1 Å². The second kappa shape index (κ2) is 5.27. The molecule has 2 aromatic rings. The zero-order valence-corrected chi connectivity index (χ0v) is 11.9. The minimum atomic E-state index is -3.88. The Morgan fingerprint density at radius 2 is 1.95 bits per heavy atom. The van der Waals surface area contributed by atoms with E-state index in [-0.39, 0.29) is 5.75 Å². The van der Waals surface area contributed by atoms with Gasteiger partial charge in [0, 0.05) is 23.9 Å². The van der Waals surface area contributed by atoms with Crippen LogP contribution in [0.15, 0.2) is 30.5 Å². The first-order valence-corrected chi connectivity index (χ1v) is 7.82. The van der Waals surface area contributed by atoms with E-state index in [1.54, 1.807) is 0 Å². The number of aryl methyl sites for hydroxylation is 3. The average Bonchev–Trinajstić information content (AvgIpc) is 2.30. The van der Waals surface area contributed by atoms with Gasteiger partial charge in [-0.2, -0.15) is 13.0 Å². The second-order valence-electron chi connectivity index (χ2n) is 4.85. The van der Waals surface area contributed by atoms with Crippen molar-refractivity contribution in [2.24, 2.45) is 0 Å². The van der Waals surface area contributed by atoms with Crippen molar-refractivity contribution >= 4 is 21.0 Å². The Hall–Kier alpha value is -1.46. The molecule has 1 aromatic carbocycles. The first-order chi connectivity index (χ1) is 8.87. The maximum absolute atomic E-state index is 10.7. The minimum absolute atomic E-state index is 0.207. The summed E-state index contributed by atoms with van der Waals surface area (Å²) in [7, 11) is -3.88. The molecule has 0 aliphatic carbocycles. The molecule has 0 spiro atoms. The molecule has 0 fully saturated rings. The topological polar surface area (TPSA) is 58.2 Å². The van der Waals surface area contributed by atoms with E-state index in [0.717, 1.165) is 5.52 Å². The van der Waals surface area contributed by atoms with Crippen molar-refractivity contribution in [2.45, 2.75) is 26.8 Å². The zero-order chi connectivity index (χ0) is 14.0. The molecule has 1 aromatic heterocycles. The summed E-state index contributed by atoms with van der Waals surface area (Å²) in [6, 6.07) is 8.26. The molecular weight excluding hydrogens is 262 g/mol. The monoisotopic (exact) mass is 280 g/mol. The van der Waals surface area contributed by atoms with Crippen LogP contribution in [0.5, 0.6) is 0 Å². The predicted molar refractivity (Wildman–Crippen MR) is 74.6 cm³/mol. The first kappa shape index (κ1) is 14.0. The van der Waals surface area contributed by atoms with Gasteiger partial charge in [-0.25, -0.2) is 0 Å². The molecule has 0 amide bonds. The minimum Gasteiger partial charge on any atom is -0.286 e. The highest BCUT2D eigenvalue weighted by Crippen LogP contribution is 2.16. The molecule has 19 heavy (non-hydrogen) atoms. The Balaban J connectivity index is 2.33. The second-order valence-corrected chi connectivity index (χ2v) is 6.42. The van der Waals surface area contributed by atoms with Gasteiger partial charge < -0.3 is 0 Å². The summed E-state index contributed by atoms with van der Waals surface area (Å²) in [5.74, 6) is -0.207. The third-order valence-electron chi connectivity index (χ3n) is 3.19. The van der Waals surface area contributed by atoms with Gasteiger partial charge in [0.05, 0.1) is 5.75 Å². The van der Waals surface area contributed by atoms with Crippen LogP contribution in [0.3, 0.4) is 0 Å². The Bertz CT molecular complexity index is 708. The lowest BCUT2D eigenvalue weighted by Gasteiger charge is -2.04. The average molecular weight is 280 g/mol. The summed E-state index contributed by atoms with van der Waals surface area (Å²) in [6.45, 7) is 4.66. The maximum atomic E-state index is 10.7. The van der Waals surface area contributed by atoms with Gasteiger partial charge in [0.2, 0.25) is 5.52 Å². The lowest BCUT2D eigenvalue weighted by molar-refractivity contribution is -0.671. The predicted octanol–water partition coefficient (Wildman–Crippen LogP) is 2.02. The number of benzene rings is 1. The van der Waals surface area contributed by atoms with E-state index in [4.69, 9.17) is 4.55 Å². The van der Waals surface area contributed by atoms with Gasteiger partial charge in [0.1, 0.15) is 6.54 Å². The summed E-state index contributed by atoms with van der Waals surface area (Å²) in [4.78, 5) is 0. The molecular formula is C14H18NO3S+. The highest BCUT2D eigenvalue weighted by molar-refractivity contribution is 7.85. The third-order valence-corrected chi connectivity index (χ3v) is 4.00. The fourth-order valence-electron chi connectivity index (χ4n) is 2.20. The van der Waals surface area contributed by atoms with E-state index in [9.17, 15) is 8.42 Å². The number of pyridine rings is 1. The van der Waals surface area contributed by atoms with Crippen LogP contribution in [-0.4, -0.2) is 18.7 Å². The molecule has 0 radical (unpaired) electrons. The largest absolute Gasteiger partial charge is 0.286 e. The van der Waals surface area contributed by atoms with Gasteiger partial charge in [-0.1, -0.05) is 6.07 Å². The zero-order valence-electron chi connectivity index (χ0n) is 11.1. The van der Waals surface area contributed by atoms with Gasteiger partial charge in [-0.05, 0) is 31.0 Å². The summed E-state index contributed by atoms with van der Waals surface area (Å²) < 4.78 is 32.3. The molecule has 0 bridgehead atoms. The van der Waals surface area contributed by atoms with Crippen LogP contribution < -0.4 is 4.57 Å². The molecule has 5 heteroatoms. The van der Waals surface area contributed by atoms with E-state index in [0.29, 0.717) is 13.0 Å². The molecule has 102 valence electrons. The van der Waals surface area contributed by atoms with Crippen LogP contribution in [0.4, 0.5) is 0 Å². The van der Waals surface area contributed by atoms with E-state index >= 15 is 0 Å². The van der Waals surface area contributed by atoms with Crippen molar-refractivity contribution < 1.29 is 17.5 Å². The smallest absolute Gasteiger partial charge is 0.265 e. The summed E-state index contributed by atoms with van der Waals surface area (Å²) in [5, 5.41) is 1.17. The molecule has 0 saturated carbocycles. The first-order valence-electron chi connectivity index (χ1n) is 6.21. The number of aromatic nitrogens is 1. The Morgan fingerprint density at radius 3 is 2.63 bits per heavy atom. The molecule has 0 unspecified atom stereocenters. The Morgan fingerprint density at radius 1 is 1.21 bits per heavy atom. The third kappa shape index (κ3) is 3.52. The lowest BCUT2D eigenvalue weighted by atomic mass is 10.1. The van der Waals surface area contributed by atoms with Crippen molar-refractivity contribution in [1.82, 2.24) is 0 Å². The highest BCUT2D eigenvalue weighted by atomic mass is 32.2. The molecule has 0 saturated heterocycles. The van der Waals surface area contributed by atoms with Crippen LogP contribution in [-0.2, 0) is 16.7 Å². The molecule has 1 heterocycles. The molecule has 1 N–H and O–H groups in total. The number of hydrogen-bond donors (Lipinski definition) is 1. The number of nitrogens with zero attached hydrogens (tertiary/aromatic N) is 1. The Kier molecular flexibility index (Phi) is 3.87. The maximum Gasteiger partial charge on any atom is 0.265 e. The van der Waals surface area contributed by atoms with Gasteiger partial charge in [-0.3, -0.25) is 4.55 Å². The Labute approximate surface area is 113 Å². The van der Waals surface area contributed by atoms with Crippen molar-refractivity contribution in [1.29, 1.82) is 0 Å². The standard InChI is InChI=1S/C14H17NO3S/c1-11-4-5-13-12(2)6-8-15(14(13)10-11)7-3-9-19(16,17)18/h4-6,8,10H,3,7,9H2,1-2H3/p+1. The molecule has 2 rings (SSSR count). The molecule has 0 aliphatic heterocycles. The quantitative estimate of drug-likeness (QED) is 0.688. The van der Waals surface area contributed by atoms with E-state index < -0.39 is 10.1 Å². The molecule has 4 nitrogen and oxygen atoms in total. The van der Waals surface area contributed by atoms with Crippen LogP contribution in [0, 0.1) is 13.8 Å². The van der Waals surface area contributed by atoms with Gasteiger partial charge >= 0.3 is 0 Å². The fraction of sp³-hybridized carbons (Fsp3) is 0.357. The summed E-state index contributed by atoms with van der Waals surface area (Å²) >= 11 is 0. The van der Waals surface area contributed by atoms with Crippen molar-refractivity contribution in [2.75, 3.05) is 5.75 Å². The summed E-state index contributed by atoms with van der Waals surface area (Å²) in [5.41, 5.74) is 3.46. The summed E-state index contributed by atoms with van der Waals surface area (Å²) in [6.07, 6.45) is 2.36. The van der Waals surface area contributed by atoms with Crippen LogP contribution in [0.1, 0.15) is 17.5 Å². The fourth-order valence-corrected chi connectivity index (χ4v) is 2.69. The van der Waals surface area contributed by atoms with Crippen molar-refractivity contribution in [3.63, 3.8) is 0 Å². The molecule has 0 aliphatic rings. The highest BCUT2D eigenvalue weighted by Gasteiger charge is 2.12. The number of fused-ring (bicyclic) bond motifs is 1. The van der Waals surface area contributed by atoms with E-state index in [1.165, 1.54) is 16.5 Å². The van der Waals surface area contributed by atoms with Crippen LogP contribution in [0.2, 0.25) is 0 Å². The van der Waals surface area contributed by atoms with Crippen LogP contribution in [0.25, 0.3) is 10.9 Å². The van der Waals surface area contributed by atoms with E-state index in [1.807, 2.05) is 23.8 Å². The lowest BCUT2D eigenvalue weighted by Crippen LogP contribution is -2.35. The van der Waals surface area contributed by atoms with Gasteiger partial charge in [-0.15, -0.1) is 0 Å². The van der Waals surface area contributed by atoms with E-state index in [2.05, 4.69) is 25.1 Å². The SMILES string of the molecule is Cc1ccc2c(C)cc[n+](CCCS(=O)(=O)O)c2c1. The van der Waals surface area contributed by atoms with Crippen molar-refractivity contribution in [3.05, 3.63) is 41.6 Å². The van der Waals surface area contributed by atoms with Crippen LogP contribution >= 0.6 is 0 Å². The normalized spacial score (nSPS) is 11.9. The number of hydrogen-bond acceptors (Lipinski definition) is 2. The molecule has 0 atom stereocenters. The van der Waals surface area contributed by atoms with Gasteiger partial charge in [0.15, 0.2) is 6.20 Å². The van der Waals surface area contributed by atoms with Crippen molar-refractivity contribution in [3.8, 4) is 0 Å².